The summed E-state index contributed by atoms with van der Waals surface area (Å²) in [6.45, 7) is 7.43. The topological polar surface area (TPSA) is 61.8 Å². The Morgan fingerprint density at radius 1 is 0.348 bits per heavy atom. The molecule has 1 unspecified atom stereocenters. The van der Waals surface area contributed by atoms with Gasteiger partial charge in [0.25, 0.3) is 0 Å². The van der Waals surface area contributed by atoms with Gasteiger partial charge in [-0.3, -0.25) is 9.59 Å². The zero-order chi connectivity index (χ0) is 47.7. The summed E-state index contributed by atoms with van der Waals surface area (Å²) < 4.78 is 17.4. The number of carbonyl (C=O) groups is 2. The van der Waals surface area contributed by atoms with Crippen LogP contribution in [0.5, 0.6) is 0 Å². The monoisotopic (exact) mass is 911 g/mol. The van der Waals surface area contributed by atoms with E-state index in [1.807, 2.05) is 0 Å². The first-order valence-corrected chi connectivity index (χ1v) is 26.7. The summed E-state index contributed by atoms with van der Waals surface area (Å²) in [5.74, 6) is -0.471. The maximum atomic E-state index is 12.8. The molecule has 0 spiro atoms. The summed E-state index contributed by atoms with van der Waals surface area (Å²) in [6, 6.07) is 0. The van der Waals surface area contributed by atoms with Crippen LogP contribution >= 0.6 is 0 Å². The largest absolute Gasteiger partial charge is 0.462 e. The number of carbonyl (C=O) groups excluding carboxylic acids is 2. The van der Waals surface area contributed by atoms with Crippen molar-refractivity contribution < 1.29 is 23.8 Å². The standard InChI is InChI=1S/C61H98O5/c1-4-7-10-13-16-19-22-25-27-29-31-32-34-37-39-42-45-48-51-54-60(62)65-58-59(66-61(63)55-52-49-46-43-40-36-24-21-18-15-12-9-6-3)57-64-56-53-50-47-44-41-38-35-33-30-28-26-23-20-17-14-11-8-5-2/h7-8,10-12,15-17,19-21,24-28,31-33,35,37,39,59H,4-6,9,13-14,18,22-23,29-30,34,36,38,40-58H2,1-3H3/b10-7-,11-8-,15-12-,19-16-,20-17-,24-21-,27-25-,28-26-,32-31-,35-33-,39-37-. The Morgan fingerprint density at radius 3 is 1.11 bits per heavy atom. The van der Waals surface area contributed by atoms with Crippen LogP contribution < -0.4 is 0 Å². The van der Waals surface area contributed by atoms with Crippen LogP contribution in [0.2, 0.25) is 0 Å². The van der Waals surface area contributed by atoms with Crippen molar-refractivity contribution in [3.8, 4) is 0 Å². The third-order valence-electron chi connectivity index (χ3n) is 10.6. The van der Waals surface area contributed by atoms with Crippen LogP contribution in [0, 0.1) is 0 Å². The molecule has 0 aromatic rings. The van der Waals surface area contributed by atoms with E-state index in [0.717, 1.165) is 141 Å². The van der Waals surface area contributed by atoms with Crippen molar-refractivity contribution in [2.75, 3.05) is 19.8 Å². The molecule has 0 amide bonds. The van der Waals surface area contributed by atoms with Gasteiger partial charge in [0.15, 0.2) is 6.10 Å². The zero-order valence-corrected chi connectivity index (χ0v) is 42.7. The van der Waals surface area contributed by atoms with Gasteiger partial charge in [0.2, 0.25) is 0 Å². The highest BCUT2D eigenvalue weighted by atomic mass is 16.6. The van der Waals surface area contributed by atoms with E-state index < -0.39 is 6.10 Å². The van der Waals surface area contributed by atoms with Gasteiger partial charge in [0, 0.05) is 19.4 Å². The van der Waals surface area contributed by atoms with Crippen molar-refractivity contribution in [1.82, 2.24) is 0 Å². The smallest absolute Gasteiger partial charge is 0.306 e. The van der Waals surface area contributed by atoms with Gasteiger partial charge < -0.3 is 14.2 Å². The Hall–Kier alpha value is -3.96. The molecule has 66 heavy (non-hydrogen) atoms. The van der Waals surface area contributed by atoms with Crippen molar-refractivity contribution in [2.24, 2.45) is 0 Å². The fourth-order valence-corrected chi connectivity index (χ4v) is 6.74. The summed E-state index contributed by atoms with van der Waals surface area (Å²) in [7, 11) is 0. The predicted octanol–water partition coefficient (Wildman–Crippen LogP) is 18.3. The van der Waals surface area contributed by atoms with Gasteiger partial charge in [-0.15, -0.1) is 0 Å². The Morgan fingerprint density at radius 2 is 0.682 bits per heavy atom. The highest BCUT2D eigenvalue weighted by Gasteiger charge is 2.17. The number of allylic oxidation sites excluding steroid dienone is 22. The second-order valence-corrected chi connectivity index (χ2v) is 17.0. The van der Waals surface area contributed by atoms with E-state index in [1.54, 1.807) is 0 Å². The summed E-state index contributed by atoms with van der Waals surface area (Å²) in [5, 5.41) is 0. The Balaban J connectivity index is 4.41. The molecule has 372 valence electrons. The second-order valence-electron chi connectivity index (χ2n) is 17.0. The van der Waals surface area contributed by atoms with Crippen LogP contribution in [0.25, 0.3) is 0 Å². The summed E-state index contributed by atoms with van der Waals surface area (Å²) >= 11 is 0. The molecular formula is C61H98O5. The molecule has 0 aliphatic rings. The van der Waals surface area contributed by atoms with Crippen molar-refractivity contribution in [3.63, 3.8) is 0 Å². The molecule has 0 heterocycles. The Kier molecular flexibility index (Phi) is 52.0. The lowest BCUT2D eigenvalue weighted by molar-refractivity contribution is -0.163. The molecule has 0 aliphatic carbocycles. The molecule has 0 aromatic heterocycles. The first-order chi connectivity index (χ1) is 32.6. The maximum absolute atomic E-state index is 12.8. The van der Waals surface area contributed by atoms with Crippen LogP contribution in [0.4, 0.5) is 0 Å². The number of rotatable bonds is 47. The van der Waals surface area contributed by atoms with E-state index in [-0.39, 0.29) is 25.2 Å². The number of hydrogen-bond donors (Lipinski definition) is 0. The molecule has 0 aromatic carbocycles. The average Bonchev–Trinajstić information content (AvgIpc) is 3.32. The first kappa shape index (κ1) is 62.0. The maximum Gasteiger partial charge on any atom is 0.306 e. The number of ether oxygens (including phenoxy) is 3. The van der Waals surface area contributed by atoms with E-state index in [9.17, 15) is 9.59 Å². The summed E-state index contributed by atoms with van der Waals surface area (Å²) in [4.78, 5) is 25.4. The normalized spacial score (nSPS) is 13.3. The third kappa shape index (κ3) is 52.7. The molecular weight excluding hydrogens is 813 g/mol. The lowest BCUT2D eigenvalue weighted by atomic mass is 10.1. The van der Waals surface area contributed by atoms with Crippen molar-refractivity contribution >= 4 is 11.9 Å². The number of hydrogen-bond acceptors (Lipinski definition) is 5. The molecule has 0 bridgehead atoms. The van der Waals surface area contributed by atoms with Crippen LogP contribution in [-0.4, -0.2) is 37.9 Å². The fraction of sp³-hybridized carbons (Fsp3) is 0.607. The van der Waals surface area contributed by atoms with Crippen molar-refractivity contribution in [1.29, 1.82) is 0 Å². The highest BCUT2D eigenvalue weighted by Crippen LogP contribution is 2.12. The van der Waals surface area contributed by atoms with Gasteiger partial charge in [-0.1, -0.05) is 206 Å². The van der Waals surface area contributed by atoms with E-state index in [1.165, 1.54) is 38.5 Å². The van der Waals surface area contributed by atoms with E-state index in [0.29, 0.717) is 19.4 Å². The van der Waals surface area contributed by atoms with Crippen molar-refractivity contribution in [3.05, 3.63) is 134 Å². The van der Waals surface area contributed by atoms with Crippen LogP contribution in [0.1, 0.15) is 213 Å². The number of esters is 2. The third-order valence-corrected chi connectivity index (χ3v) is 10.6. The van der Waals surface area contributed by atoms with Gasteiger partial charge >= 0.3 is 11.9 Å². The van der Waals surface area contributed by atoms with Crippen LogP contribution in [0.15, 0.2) is 134 Å². The van der Waals surface area contributed by atoms with Gasteiger partial charge in [-0.25, -0.2) is 0 Å². The highest BCUT2D eigenvalue weighted by molar-refractivity contribution is 5.70. The molecule has 0 N–H and O–H groups in total. The van der Waals surface area contributed by atoms with Gasteiger partial charge in [-0.2, -0.15) is 0 Å². The molecule has 0 radical (unpaired) electrons. The van der Waals surface area contributed by atoms with Gasteiger partial charge in [0.05, 0.1) is 6.61 Å². The molecule has 0 rings (SSSR count). The Bertz CT molecular complexity index is 1400. The second kappa shape index (κ2) is 55.4. The number of unbranched alkanes of at least 4 members (excludes halogenated alkanes) is 14. The SMILES string of the molecule is CC/C=C\C/C=C\C/C=C\C/C=C\C/C=C\CCCCCC(=O)OCC(COCCCCCCC/C=C\C/C=C\C/C=C\C/C=C\CC)OC(=O)CCCCCCC/C=C\C/C=C\CCC. The molecule has 5 nitrogen and oxygen atoms in total. The fourth-order valence-electron chi connectivity index (χ4n) is 6.74. The van der Waals surface area contributed by atoms with E-state index >= 15 is 0 Å². The molecule has 0 saturated carbocycles. The summed E-state index contributed by atoms with van der Waals surface area (Å²) in [6.07, 6.45) is 78.9. The summed E-state index contributed by atoms with van der Waals surface area (Å²) in [5.41, 5.74) is 0. The van der Waals surface area contributed by atoms with Crippen LogP contribution in [0.3, 0.4) is 0 Å². The van der Waals surface area contributed by atoms with Crippen LogP contribution in [-0.2, 0) is 23.8 Å². The van der Waals surface area contributed by atoms with Gasteiger partial charge in [0.1, 0.15) is 6.61 Å². The molecule has 0 saturated heterocycles. The Labute approximate surface area is 407 Å². The predicted molar refractivity (Wildman–Crippen MR) is 288 cm³/mol. The minimum Gasteiger partial charge on any atom is -0.462 e. The lowest BCUT2D eigenvalue weighted by Gasteiger charge is -2.18. The molecule has 0 aliphatic heterocycles. The van der Waals surface area contributed by atoms with Crippen molar-refractivity contribution in [2.45, 2.75) is 219 Å². The minimum atomic E-state index is -0.577. The zero-order valence-electron chi connectivity index (χ0n) is 42.7. The quantitative estimate of drug-likeness (QED) is 0.0346. The lowest BCUT2D eigenvalue weighted by Crippen LogP contribution is -2.30. The minimum absolute atomic E-state index is 0.0455. The molecule has 5 heteroatoms. The molecule has 0 fully saturated rings. The average molecular weight is 911 g/mol. The van der Waals surface area contributed by atoms with Gasteiger partial charge in [-0.05, 0) is 128 Å². The molecule has 1 atom stereocenters. The van der Waals surface area contributed by atoms with E-state index in [2.05, 4.69) is 154 Å². The first-order valence-electron chi connectivity index (χ1n) is 26.7. The van der Waals surface area contributed by atoms with E-state index in [4.69, 9.17) is 14.2 Å².